The van der Waals surface area contributed by atoms with Crippen molar-refractivity contribution in [1.29, 1.82) is 0 Å². The summed E-state index contributed by atoms with van der Waals surface area (Å²) in [4.78, 5) is 12.1. The van der Waals surface area contributed by atoms with E-state index in [-0.39, 0.29) is 17.9 Å². The van der Waals surface area contributed by atoms with E-state index < -0.39 is 5.97 Å². The summed E-state index contributed by atoms with van der Waals surface area (Å²) in [5, 5.41) is 10.5. The lowest BCUT2D eigenvalue weighted by Gasteiger charge is -2.19. The standard InChI is InChI=1S/C16H22Cl2O3/c1-4-21-16(20)14-11(3)12(7-9-18)10(2)13(15(14)19)6-5-8-17/h19H,4-9H2,1-3H3. The maximum Gasteiger partial charge on any atom is 0.342 e. The molecule has 118 valence electrons. The molecule has 3 nitrogen and oxygen atoms in total. The lowest BCUT2D eigenvalue weighted by Crippen LogP contribution is -2.13. The van der Waals surface area contributed by atoms with E-state index in [1.54, 1.807) is 6.92 Å². The highest BCUT2D eigenvalue weighted by molar-refractivity contribution is 6.18. The lowest BCUT2D eigenvalue weighted by molar-refractivity contribution is 0.0522. The molecule has 0 aromatic heterocycles. The first-order valence-corrected chi connectivity index (χ1v) is 8.19. The van der Waals surface area contributed by atoms with E-state index in [4.69, 9.17) is 27.9 Å². The summed E-state index contributed by atoms with van der Waals surface area (Å²) in [6.45, 7) is 5.79. The van der Waals surface area contributed by atoms with Crippen molar-refractivity contribution in [3.8, 4) is 5.75 Å². The van der Waals surface area contributed by atoms with Crippen LogP contribution in [0.3, 0.4) is 0 Å². The average molecular weight is 333 g/mol. The van der Waals surface area contributed by atoms with Gasteiger partial charge in [0.2, 0.25) is 0 Å². The van der Waals surface area contributed by atoms with Crippen LogP contribution in [0.15, 0.2) is 0 Å². The van der Waals surface area contributed by atoms with Gasteiger partial charge in [-0.3, -0.25) is 0 Å². The summed E-state index contributed by atoms with van der Waals surface area (Å²) >= 11 is 11.6. The third-order valence-corrected chi connectivity index (χ3v) is 4.10. The van der Waals surface area contributed by atoms with Gasteiger partial charge in [0.25, 0.3) is 0 Å². The molecule has 0 unspecified atom stereocenters. The Morgan fingerprint density at radius 2 is 1.76 bits per heavy atom. The highest BCUT2D eigenvalue weighted by Gasteiger charge is 2.24. The van der Waals surface area contributed by atoms with Crippen LogP contribution in [0, 0.1) is 13.8 Å². The van der Waals surface area contributed by atoms with Crippen molar-refractivity contribution >= 4 is 29.2 Å². The molecule has 0 bridgehead atoms. The molecule has 0 amide bonds. The second kappa shape index (κ2) is 8.50. The number of halogens is 2. The minimum atomic E-state index is -0.490. The minimum Gasteiger partial charge on any atom is -0.507 e. The number of carbonyl (C=O) groups excluding carboxylic acids is 1. The molecule has 0 atom stereocenters. The van der Waals surface area contributed by atoms with E-state index in [0.717, 1.165) is 28.7 Å². The number of ether oxygens (including phenoxy) is 1. The van der Waals surface area contributed by atoms with E-state index in [0.29, 0.717) is 24.6 Å². The summed E-state index contributed by atoms with van der Waals surface area (Å²) in [6.07, 6.45) is 2.02. The monoisotopic (exact) mass is 332 g/mol. The van der Waals surface area contributed by atoms with Crippen LogP contribution in [0.1, 0.15) is 46.0 Å². The highest BCUT2D eigenvalue weighted by Crippen LogP contribution is 2.34. The largest absolute Gasteiger partial charge is 0.507 e. The molecule has 1 N–H and O–H groups in total. The van der Waals surface area contributed by atoms with Crippen LogP contribution in [-0.4, -0.2) is 29.4 Å². The van der Waals surface area contributed by atoms with E-state index in [1.807, 2.05) is 13.8 Å². The summed E-state index contributed by atoms with van der Waals surface area (Å²) < 4.78 is 5.06. The van der Waals surface area contributed by atoms with Gasteiger partial charge in [0.1, 0.15) is 11.3 Å². The third kappa shape index (κ3) is 4.04. The van der Waals surface area contributed by atoms with E-state index >= 15 is 0 Å². The van der Waals surface area contributed by atoms with Gasteiger partial charge >= 0.3 is 5.97 Å². The quantitative estimate of drug-likeness (QED) is 0.603. The second-order valence-electron chi connectivity index (χ2n) is 4.88. The van der Waals surface area contributed by atoms with Crippen molar-refractivity contribution in [2.45, 2.75) is 40.0 Å². The molecule has 1 aromatic rings. The van der Waals surface area contributed by atoms with Crippen LogP contribution in [0.4, 0.5) is 0 Å². The van der Waals surface area contributed by atoms with E-state index in [2.05, 4.69) is 0 Å². The number of benzene rings is 1. The SMILES string of the molecule is CCOC(=O)c1c(C)c(CCCl)c(C)c(CCCCl)c1O. The first-order valence-electron chi connectivity index (χ1n) is 7.12. The molecule has 0 saturated carbocycles. The van der Waals surface area contributed by atoms with Gasteiger partial charge in [-0.2, -0.15) is 0 Å². The van der Waals surface area contributed by atoms with Gasteiger partial charge in [0.05, 0.1) is 6.61 Å². The van der Waals surface area contributed by atoms with Gasteiger partial charge in [-0.25, -0.2) is 4.79 Å². The fourth-order valence-electron chi connectivity index (χ4n) is 2.59. The minimum absolute atomic E-state index is 0.0203. The number of phenolic OH excluding ortho intramolecular Hbond substituents is 1. The Morgan fingerprint density at radius 1 is 1.10 bits per heavy atom. The molecule has 5 heteroatoms. The molecule has 0 spiro atoms. The number of hydrogen-bond acceptors (Lipinski definition) is 3. The Bertz CT molecular complexity index is 513. The number of alkyl halides is 2. The van der Waals surface area contributed by atoms with Crippen molar-refractivity contribution in [2.24, 2.45) is 0 Å². The van der Waals surface area contributed by atoms with Crippen molar-refractivity contribution in [3.63, 3.8) is 0 Å². The average Bonchev–Trinajstić information content (AvgIpc) is 2.44. The van der Waals surface area contributed by atoms with Crippen LogP contribution in [0.2, 0.25) is 0 Å². The molecule has 0 saturated heterocycles. The Hall–Kier alpha value is -0.930. The fourth-order valence-corrected chi connectivity index (χ4v) is 2.91. The van der Waals surface area contributed by atoms with Gasteiger partial charge in [0.15, 0.2) is 0 Å². The van der Waals surface area contributed by atoms with Crippen LogP contribution in [0.5, 0.6) is 5.75 Å². The van der Waals surface area contributed by atoms with Gasteiger partial charge in [-0.05, 0) is 62.3 Å². The predicted molar refractivity (Wildman–Crippen MR) is 87.0 cm³/mol. The molecular formula is C16H22Cl2O3. The Morgan fingerprint density at radius 3 is 2.29 bits per heavy atom. The molecule has 0 aliphatic carbocycles. The van der Waals surface area contributed by atoms with Crippen molar-refractivity contribution in [1.82, 2.24) is 0 Å². The maximum absolute atomic E-state index is 12.1. The predicted octanol–water partition coefficient (Wildman–Crippen LogP) is 4.14. The normalized spacial score (nSPS) is 10.7. The number of carbonyl (C=O) groups is 1. The third-order valence-electron chi connectivity index (χ3n) is 3.64. The topological polar surface area (TPSA) is 46.5 Å². The Balaban J connectivity index is 3.47. The van der Waals surface area contributed by atoms with Crippen LogP contribution < -0.4 is 0 Å². The summed E-state index contributed by atoms with van der Waals surface area (Å²) in [5.41, 5.74) is 3.77. The zero-order valence-electron chi connectivity index (χ0n) is 12.8. The highest BCUT2D eigenvalue weighted by atomic mass is 35.5. The molecule has 1 aromatic carbocycles. The molecule has 1 rings (SSSR count). The first kappa shape index (κ1) is 18.1. The molecular weight excluding hydrogens is 311 g/mol. The first-order chi connectivity index (χ1) is 9.99. The van der Waals surface area contributed by atoms with Gasteiger partial charge in [0, 0.05) is 11.8 Å². The summed E-state index contributed by atoms with van der Waals surface area (Å²) in [7, 11) is 0. The Labute approximate surface area is 136 Å². The maximum atomic E-state index is 12.1. The fraction of sp³-hybridized carbons (Fsp3) is 0.562. The second-order valence-corrected chi connectivity index (χ2v) is 5.64. The molecule has 0 fully saturated rings. The zero-order chi connectivity index (χ0) is 16.0. The lowest BCUT2D eigenvalue weighted by atomic mass is 9.88. The van der Waals surface area contributed by atoms with Gasteiger partial charge < -0.3 is 9.84 Å². The molecule has 0 aliphatic rings. The van der Waals surface area contributed by atoms with Gasteiger partial charge in [-0.1, -0.05) is 0 Å². The van der Waals surface area contributed by atoms with Gasteiger partial charge in [-0.15, -0.1) is 23.2 Å². The van der Waals surface area contributed by atoms with Crippen LogP contribution in [-0.2, 0) is 17.6 Å². The molecule has 0 radical (unpaired) electrons. The molecule has 0 heterocycles. The molecule has 21 heavy (non-hydrogen) atoms. The van der Waals surface area contributed by atoms with Crippen molar-refractivity contribution in [3.05, 3.63) is 27.8 Å². The van der Waals surface area contributed by atoms with Crippen molar-refractivity contribution in [2.75, 3.05) is 18.4 Å². The Kier molecular flexibility index (Phi) is 7.33. The van der Waals surface area contributed by atoms with Crippen LogP contribution in [0.25, 0.3) is 0 Å². The number of phenols is 1. The number of aromatic hydroxyl groups is 1. The summed E-state index contributed by atoms with van der Waals surface area (Å²) in [6, 6.07) is 0. The zero-order valence-corrected chi connectivity index (χ0v) is 14.3. The number of hydrogen-bond donors (Lipinski definition) is 1. The number of esters is 1. The number of rotatable bonds is 7. The smallest absolute Gasteiger partial charge is 0.342 e. The van der Waals surface area contributed by atoms with E-state index in [9.17, 15) is 9.90 Å². The molecule has 0 aliphatic heterocycles. The van der Waals surface area contributed by atoms with E-state index in [1.165, 1.54) is 0 Å². The van der Waals surface area contributed by atoms with Crippen molar-refractivity contribution < 1.29 is 14.6 Å². The summed E-state index contributed by atoms with van der Waals surface area (Å²) in [5.74, 6) is 0.498. The van der Waals surface area contributed by atoms with Crippen LogP contribution >= 0.6 is 23.2 Å².